The first-order valence-electron chi connectivity index (χ1n) is 14.3. The highest BCUT2D eigenvalue weighted by molar-refractivity contribution is 7.80. The Kier molecular flexibility index (Phi) is 7.62. The number of thiocarbonyl (C=S) groups is 1. The second-order valence-electron chi connectivity index (χ2n) is 11.0. The van der Waals surface area contributed by atoms with Crippen LogP contribution in [0.2, 0.25) is 0 Å². The standard InChI is InChI=1S/C34H32N4O3S2/c1-19-11-10-15-27(21(19)3)38-32(41)26(30(39)36-34(38)42)18-23-17-20(2)37(22(23)4)33-29(25-14-8-9-16-28(25)43-33)31(40)35-24-12-6-5-7-13-24/h5-7,10-13,15,17-18H,8-9,14,16H2,1-4H3,(H,35,40)(H,36,39,42)/b26-18-. The fourth-order valence-electron chi connectivity index (χ4n) is 5.91. The lowest BCUT2D eigenvalue weighted by atomic mass is 9.95. The molecule has 0 unspecified atom stereocenters. The van der Waals surface area contributed by atoms with Crippen molar-refractivity contribution in [2.45, 2.75) is 53.4 Å². The van der Waals surface area contributed by atoms with Crippen molar-refractivity contribution in [2.24, 2.45) is 0 Å². The van der Waals surface area contributed by atoms with E-state index in [1.807, 2.05) is 82.3 Å². The third kappa shape index (κ3) is 5.13. The summed E-state index contributed by atoms with van der Waals surface area (Å²) in [5.41, 5.74) is 7.60. The summed E-state index contributed by atoms with van der Waals surface area (Å²) in [7, 11) is 0. The van der Waals surface area contributed by atoms with Crippen LogP contribution in [0.15, 0.2) is 60.2 Å². The van der Waals surface area contributed by atoms with Gasteiger partial charge in [0.15, 0.2) is 5.11 Å². The molecule has 6 rings (SSSR count). The topological polar surface area (TPSA) is 83.4 Å². The third-order valence-corrected chi connectivity index (χ3v) is 9.86. The van der Waals surface area contributed by atoms with Gasteiger partial charge in [0.2, 0.25) is 0 Å². The number of carbonyl (C=O) groups excluding carboxylic acids is 3. The van der Waals surface area contributed by atoms with Crippen LogP contribution >= 0.6 is 23.6 Å². The minimum Gasteiger partial charge on any atom is -0.322 e. The van der Waals surface area contributed by atoms with E-state index >= 15 is 0 Å². The SMILES string of the molecule is Cc1cccc(N2C(=O)/C(=C\c3cc(C)n(-c4sc5c(c4C(=O)Nc4ccccc4)CCCC5)c3C)C(=O)NC2=S)c1C. The molecule has 218 valence electrons. The molecule has 0 radical (unpaired) electrons. The molecule has 0 saturated carbocycles. The van der Waals surface area contributed by atoms with E-state index in [1.54, 1.807) is 17.4 Å². The van der Waals surface area contributed by atoms with Crippen LogP contribution in [0.5, 0.6) is 0 Å². The van der Waals surface area contributed by atoms with Crippen LogP contribution in [0.25, 0.3) is 11.1 Å². The molecule has 2 aromatic carbocycles. The van der Waals surface area contributed by atoms with Crippen molar-refractivity contribution in [3.05, 3.63) is 104 Å². The number of hydrogen-bond acceptors (Lipinski definition) is 5. The summed E-state index contributed by atoms with van der Waals surface area (Å²) in [6, 6.07) is 17.1. The van der Waals surface area contributed by atoms with Gasteiger partial charge in [-0.25, -0.2) is 0 Å². The Morgan fingerprint density at radius 2 is 1.74 bits per heavy atom. The fraction of sp³-hybridized carbons (Fsp3) is 0.235. The molecule has 3 amide bonds. The van der Waals surface area contributed by atoms with Crippen molar-refractivity contribution in [3.8, 4) is 5.00 Å². The molecule has 3 heterocycles. The van der Waals surface area contributed by atoms with Gasteiger partial charge in [0.25, 0.3) is 17.7 Å². The first-order chi connectivity index (χ1) is 20.7. The number of rotatable bonds is 5. The molecule has 9 heteroatoms. The highest BCUT2D eigenvalue weighted by Gasteiger charge is 2.36. The van der Waals surface area contributed by atoms with E-state index in [2.05, 4.69) is 15.2 Å². The minimum absolute atomic E-state index is 0.00211. The van der Waals surface area contributed by atoms with Gasteiger partial charge >= 0.3 is 0 Å². The van der Waals surface area contributed by atoms with E-state index in [4.69, 9.17) is 12.2 Å². The predicted octanol–water partition coefficient (Wildman–Crippen LogP) is 6.73. The summed E-state index contributed by atoms with van der Waals surface area (Å²) in [6.07, 6.45) is 5.59. The zero-order chi connectivity index (χ0) is 30.4. The van der Waals surface area contributed by atoms with Gasteiger partial charge in [-0.2, -0.15) is 0 Å². The van der Waals surface area contributed by atoms with Crippen LogP contribution in [0.1, 0.15) is 61.7 Å². The van der Waals surface area contributed by atoms with E-state index in [0.29, 0.717) is 11.3 Å². The molecule has 2 aromatic heterocycles. The van der Waals surface area contributed by atoms with Crippen molar-refractivity contribution in [2.75, 3.05) is 10.2 Å². The molecule has 43 heavy (non-hydrogen) atoms. The summed E-state index contributed by atoms with van der Waals surface area (Å²) in [4.78, 5) is 43.3. The van der Waals surface area contributed by atoms with E-state index < -0.39 is 11.8 Å². The number of aromatic nitrogens is 1. The van der Waals surface area contributed by atoms with Crippen LogP contribution in [-0.4, -0.2) is 27.4 Å². The number of carbonyl (C=O) groups is 3. The number of aryl methyl sites for hydroxylation is 3. The number of para-hydroxylation sites is 1. The van der Waals surface area contributed by atoms with Crippen molar-refractivity contribution < 1.29 is 14.4 Å². The lowest BCUT2D eigenvalue weighted by Gasteiger charge is -2.30. The molecule has 0 bridgehead atoms. The van der Waals surface area contributed by atoms with Crippen molar-refractivity contribution >= 4 is 63.8 Å². The van der Waals surface area contributed by atoms with E-state index in [-0.39, 0.29) is 16.6 Å². The lowest BCUT2D eigenvalue weighted by Crippen LogP contribution is -2.54. The second-order valence-corrected chi connectivity index (χ2v) is 12.5. The Morgan fingerprint density at radius 1 is 1.00 bits per heavy atom. The molecule has 2 aliphatic rings. The van der Waals surface area contributed by atoms with Gasteiger partial charge in [-0.3, -0.25) is 24.6 Å². The number of nitrogens with zero attached hydrogens (tertiary/aromatic N) is 2. The number of nitrogens with one attached hydrogen (secondary N) is 2. The normalized spacial score (nSPS) is 16.0. The van der Waals surface area contributed by atoms with E-state index in [1.165, 1.54) is 9.78 Å². The maximum absolute atomic E-state index is 13.8. The Morgan fingerprint density at radius 3 is 2.51 bits per heavy atom. The van der Waals surface area contributed by atoms with Gasteiger partial charge in [0, 0.05) is 22.0 Å². The van der Waals surface area contributed by atoms with Gasteiger partial charge in [-0.05, 0) is 118 Å². The molecule has 0 atom stereocenters. The van der Waals surface area contributed by atoms with Crippen LogP contribution in [0.4, 0.5) is 11.4 Å². The summed E-state index contributed by atoms with van der Waals surface area (Å²) in [5.74, 6) is -1.13. The minimum atomic E-state index is -0.532. The summed E-state index contributed by atoms with van der Waals surface area (Å²) in [6.45, 7) is 7.83. The third-order valence-electron chi connectivity index (χ3n) is 8.30. The van der Waals surface area contributed by atoms with Gasteiger partial charge in [-0.15, -0.1) is 11.3 Å². The molecule has 4 aromatic rings. The van der Waals surface area contributed by atoms with Crippen LogP contribution in [-0.2, 0) is 22.4 Å². The van der Waals surface area contributed by atoms with Crippen molar-refractivity contribution in [1.29, 1.82) is 0 Å². The first kappa shape index (κ1) is 28.8. The molecule has 1 aliphatic heterocycles. The Bertz CT molecular complexity index is 1850. The highest BCUT2D eigenvalue weighted by atomic mass is 32.1. The Balaban J connectivity index is 1.42. The molecule has 0 spiro atoms. The highest BCUT2D eigenvalue weighted by Crippen LogP contribution is 2.39. The molecule has 1 saturated heterocycles. The number of amides is 3. The summed E-state index contributed by atoms with van der Waals surface area (Å²) < 4.78 is 2.08. The van der Waals surface area contributed by atoms with Crippen LogP contribution < -0.4 is 15.5 Å². The van der Waals surface area contributed by atoms with E-state index in [0.717, 1.165) is 70.0 Å². The monoisotopic (exact) mass is 608 g/mol. The van der Waals surface area contributed by atoms with Gasteiger partial charge < -0.3 is 9.88 Å². The molecule has 1 aliphatic carbocycles. The first-order valence-corrected chi connectivity index (χ1v) is 15.6. The van der Waals surface area contributed by atoms with Crippen molar-refractivity contribution in [1.82, 2.24) is 9.88 Å². The molecule has 1 fully saturated rings. The van der Waals surface area contributed by atoms with Crippen molar-refractivity contribution in [3.63, 3.8) is 0 Å². The second kappa shape index (κ2) is 11.4. The van der Waals surface area contributed by atoms with Gasteiger partial charge in [0.05, 0.1) is 11.3 Å². The van der Waals surface area contributed by atoms with Crippen LogP contribution in [0, 0.1) is 27.7 Å². The quantitative estimate of drug-likeness (QED) is 0.149. The lowest BCUT2D eigenvalue weighted by molar-refractivity contribution is -0.122. The summed E-state index contributed by atoms with van der Waals surface area (Å²) >= 11 is 7.09. The molecule has 7 nitrogen and oxygen atoms in total. The average Bonchev–Trinajstić information content (AvgIpc) is 3.49. The smallest absolute Gasteiger partial charge is 0.270 e. The van der Waals surface area contributed by atoms with Gasteiger partial charge in [-0.1, -0.05) is 30.3 Å². The summed E-state index contributed by atoms with van der Waals surface area (Å²) in [5, 5.41) is 6.71. The number of benzene rings is 2. The number of hydrogen-bond donors (Lipinski definition) is 2. The number of thiophene rings is 1. The largest absolute Gasteiger partial charge is 0.322 e. The average molecular weight is 609 g/mol. The fourth-order valence-corrected chi connectivity index (χ4v) is 7.69. The van der Waals surface area contributed by atoms with Gasteiger partial charge in [0.1, 0.15) is 10.6 Å². The predicted molar refractivity (Wildman–Crippen MR) is 176 cm³/mol. The maximum Gasteiger partial charge on any atom is 0.270 e. The molecule has 2 N–H and O–H groups in total. The van der Waals surface area contributed by atoms with E-state index in [9.17, 15) is 14.4 Å². The number of anilines is 2. The Hall–Kier alpha value is -4.34. The van der Waals surface area contributed by atoms with Crippen LogP contribution in [0.3, 0.4) is 0 Å². The molecular formula is C34H32N4O3S2. The zero-order valence-corrected chi connectivity index (χ0v) is 26.2. The molecular weight excluding hydrogens is 577 g/mol. The maximum atomic E-state index is 13.8. The number of fused-ring (bicyclic) bond motifs is 1. The Labute approximate surface area is 260 Å². The zero-order valence-electron chi connectivity index (χ0n) is 24.5.